The highest BCUT2D eigenvalue weighted by Crippen LogP contribution is 2.20. The second-order valence-corrected chi connectivity index (χ2v) is 7.54. The van der Waals surface area contributed by atoms with E-state index in [0.29, 0.717) is 11.6 Å². The van der Waals surface area contributed by atoms with Crippen LogP contribution in [0.25, 0.3) is 11.7 Å². The third-order valence-corrected chi connectivity index (χ3v) is 5.20. The third kappa shape index (κ3) is 4.28. The molecule has 3 rings (SSSR count). The minimum Gasteiger partial charge on any atom is -0.480 e. The summed E-state index contributed by atoms with van der Waals surface area (Å²) >= 11 is 1.66. The van der Waals surface area contributed by atoms with Gasteiger partial charge in [0.15, 0.2) is 0 Å². The lowest BCUT2D eigenvalue weighted by Crippen LogP contribution is -2.19. The van der Waals surface area contributed by atoms with E-state index in [-0.39, 0.29) is 17.0 Å². The van der Waals surface area contributed by atoms with Crippen LogP contribution in [0.1, 0.15) is 41.6 Å². The molecule has 7 nitrogen and oxygen atoms in total. The van der Waals surface area contributed by atoms with Crippen molar-refractivity contribution in [3.05, 3.63) is 62.0 Å². The summed E-state index contributed by atoms with van der Waals surface area (Å²) in [5.41, 5.74) is 2.31. The maximum atomic E-state index is 12.7. The van der Waals surface area contributed by atoms with Gasteiger partial charge in [0.25, 0.3) is 5.56 Å². The van der Waals surface area contributed by atoms with Crippen molar-refractivity contribution in [2.45, 2.75) is 32.6 Å². The molecule has 0 aliphatic heterocycles. The Bertz CT molecular complexity index is 1100. The van der Waals surface area contributed by atoms with Crippen molar-refractivity contribution in [3.63, 3.8) is 0 Å². The zero-order valence-electron chi connectivity index (χ0n) is 15.9. The van der Waals surface area contributed by atoms with Gasteiger partial charge in [-0.2, -0.15) is 4.98 Å². The molecule has 0 atom stereocenters. The highest BCUT2D eigenvalue weighted by molar-refractivity contribution is 7.09. The van der Waals surface area contributed by atoms with E-state index in [4.69, 9.17) is 9.84 Å². The topological polar surface area (TPSA) is 93.8 Å². The molecule has 0 radical (unpaired) electrons. The monoisotopic (exact) mass is 399 g/mol. The Kier molecular flexibility index (Phi) is 5.89. The molecule has 0 aromatic carbocycles. The first-order valence-electron chi connectivity index (χ1n) is 8.83. The molecule has 0 bridgehead atoms. The summed E-state index contributed by atoms with van der Waals surface area (Å²) in [5.74, 6) is -0.635. The second-order valence-electron chi connectivity index (χ2n) is 6.60. The molecule has 0 saturated heterocycles. The summed E-state index contributed by atoms with van der Waals surface area (Å²) in [5, 5.41) is 12.0. The average molecular weight is 399 g/mol. The van der Waals surface area contributed by atoms with Crippen LogP contribution in [0, 0.1) is 0 Å². The van der Waals surface area contributed by atoms with E-state index < -0.39 is 5.97 Å². The Morgan fingerprint density at radius 1 is 1.36 bits per heavy atom. The minimum absolute atomic E-state index is 0.0964. The number of hydrogen-bond acceptors (Lipinski definition) is 6. The number of fused-ring (bicyclic) bond motifs is 1. The fourth-order valence-corrected chi connectivity index (χ4v) is 3.70. The zero-order chi connectivity index (χ0) is 20.3. The fraction of sp³-hybridized carbons (Fsp3) is 0.300. The molecule has 0 fully saturated rings. The zero-order valence-corrected chi connectivity index (χ0v) is 16.7. The van der Waals surface area contributed by atoms with Crippen LogP contribution in [-0.4, -0.2) is 32.6 Å². The van der Waals surface area contributed by atoms with Gasteiger partial charge < -0.3 is 9.84 Å². The number of aryl methyl sites for hydroxylation is 2. The molecule has 3 aromatic rings. The van der Waals surface area contributed by atoms with Crippen molar-refractivity contribution < 1.29 is 14.6 Å². The number of nitrogens with zero attached hydrogens (tertiary/aromatic N) is 3. The summed E-state index contributed by atoms with van der Waals surface area (Å²) < 4.78 is 6.57. The number of rotatable bonds is 7. The van der Waals surface area contributed by atoms with Crippen LogP contribution in [0.4, 0.5) is 0 Å². The average Bonchev–Trinajstić information content (AvgIpc) is 3.14. The Labute approximate surface area is 166 Å². The summed E-state index contributed by atoms with van der Waals surface area (Å²) in [6.07, 6.45) is 5.33. The van der Waals surface area contributed by atoms with Crippen LogP contribution in [0.3, 0.4) is 0 Å². The summed E-state index contributed by atoms with van der Waals surface area (Å²) in [6, 6.07) is 3.70. The molecule has 0 aliphatic rings. The molecule has 28 heavy (non-hydrogen) atoms. The van der Waals surface area contributed by atoms with E-state index in [0.717, 1.165) is 35.2 Å². The van der Waals surface area contributed by atoms with E-state index in [1.807, 2.05) is 12.1 Å². The number of hydrogen-bond donors (Lipinski definition) is 1. The van der Waals surface area contributed by atoms with Gasteiger partial charge >= 0.3 is 5.97 Å². The summed E-state index contributed by atoms with van der Waals surface area (Å²) in [6.45, 7) is 4.25. The molecule has 3 heterocycles. The smallest absolute Gasteiger partial charge is 0.328 e. The second kappa shape index (κ2) is 8.35. The molecule has 0 saturated carbocycles. The molecule has 1 N–H and O–H groups in total. The lowest BCUT2D eigenvalue weighted by Gasteiger charge is -2.08. The Morgan fingerprint density at radius 2 is 2.14 bits per heavy atom. The van der Waals surface area contributed by atoms with Crippen molar-refractivity contribution in [1.82, 2.24) is 14.4 Å². The van der Waals surface area contributed by atoms with E-state index in [2.05, 4.69) is 29.2 Å². The lowest BCUT2D eigenvalue weighted by molar-refractivity contribution is -0.131. The highest BCUT2D eigenvalue weighted by atomic mass is 32.1. The Hall–Kier alpha value is -3.00. The molecule has 0 amide bonds. The SMILES string of the molecule is COc1nc2cc(CCc3nc(C(C)C)cs3)ccn2c(=O)c1/C=C\C(=O)O. The first-order valence-corrected chi connectivity index (χ1v) is 9.71. The van der Waals surface area contributed by atoms with Gasteiger partial charge in [-0.1, -0.05) is 13.8 Å². The van der Waals surface area contributed by atoms with Crippen molar-refractivity contribution >= 4 is 29.0 Å². The molecule has 3 aromatic heterocycles. The fourth-order valence-electron chi connectivity index (χ4n) is 2.74. The largest absolute Gasteiger partial charge is 0.480 e. The molecular weight excluding hydrogens is 378 g/mol. The predicted molar refractivity (Wildman–Crippen MR) is 108 cm³/mol. The van der Waals surface area contributed by atoms with Crippen molar-refractivity contribution in [3.8, 4) is 5.88 Å². The molecule has 8 heteroatoms. The number of thiazole rings is 1. The molecule has 0 spiro atoms. The molecular formula is C20H21N3O4S. The number of carboxylic acid groups (broad SMARTS) is 1. The minimum atomic E-state index is -1.15. The lowest BCUT2D eigenvalue weighted by atomic mass is 10.1. The van der Waals surface area contributed by atoms with E-state index in [1.54, 1.807) is 17.5 Å². The summed E-state index contributed by atoms with van der Waals surface area (Å²) in [7, 11) is 1.40. The Balaban J connectivity index is 1.89. The maximum absolute atomic E-state index is 12.7. The first-order chi connectivity index (χ1) is 13.4. The normalized spacial score (nSPS) is 11.6. The van der Waals surface area contributed by atoms with E-state index in [1.165, 1.54) is 17.6 Å². The first kappa shape index (κ1) is 19.8. The van der Waals surface area contributed by atoms with Crippen LogP contribution < -0.4 is 10.3 Å². The van der Waals surface area contributed by atoms with Crippen LogP contribution >= 0.6 is 11.3 Å². The van der Waals surface area contributed by atoms with Gasteiger partial charge in [0, 0.05) is 24.1 Å². The number of carboxylic acids is 1. The van der Waals surface area contributed by atoms with Crippen LogP contribution in [0.15, 0.2) is 34.6 Å². The highest BCUT2D eigenvalue weighted by Gasteiger charge is 2.12. The van der Waals surface area contributed by atoms with E-state index >= 15 is 0 Å². The van der Waals surface area contributed by atoms with Gasteiger partial charge in [0.1, 0.15) is 11.2 Å². The van der Waals surface area contributed by atoms with Gasteiger partial charge in [-0.25, -0.2) is 9.78 Å². The van der Waals surface area contributed by atoms with Crippen molar-refractivity contribution in [2.75, 3.05) is 7.11 Å². The van der Waals surface area contributed by atoms with Crippen LogP contribution in [0.5, 0.6) is 5.88 Å². The quantitative estimate of drug-likeness (QED) is 0.614. The van der Waals surface area contributed by atoms with Gasteiger partial charge in [0.2, 0.25) is 5.88 Å². The predicted octanol–water partition coefficient (Wildman–Crippen LogP) is 3.17. The third-order valence-electron chi connectivity index (χ3n) is 4.27. The van der Waals surface area contributed by atoms with Gasteiger partial charge in [-0.15, -0.1) is 11.3 Å². The van der Waals surface area contributed by atoms with Crippen molar-refractivity contribution in [1.29, 1.82) is 0 Å². The number of pyridine rings is 1. The summed E-state index contributed by atoms with van der Waals surface area (Å²) in [4.78, 5) is 32.4. The van der Waals surface area contributed by atoms with Crippen LogP contribution in [-0.2, 0) is 17.6 Å². The van der Waals surface area contributed by atoms with Crippen molar-refractivity contribution in [2.24, 2.45) is 0 Å². The molecule has 0 unspecified atom stereocenters. The van der Waals surface area contributed by atoms with Gasteiger partial charge in [0.05, 0.1) is 17.8 Å². The number of methoxy groups -OCH3 is 1. The van der Waals surface area contributed by atoms with E-state index in [9.17, 15) is 9.59 Å². The van der Waals surface area contributed by atoms with Crippen LogP contribution in [0.2, 0.25) is 0 Å². The molecule has 146 valence electrons. The number of aromatic nitrogens is 3. The molecule has 0 aliphatic carbocycles. The number of ether oxygens (including phenoxy) is 1. The van der Waals surface area contributed by atoms with Gasteiger partial charge in [-0.05, 0) is 36.1 Å². The number of carbonyl (C=O) groups is 1. The number of aliphatic carboxylic acids is 1. The Morgan fingerprint density at radius 3 is 2.79 bits per heavy atom. The standard InChI is InChI=1S/C20H21N3O4S/c1-12(2)15-11-28-17(21-15)6-4-13-8-9-23-16(10-13)22-19(27-3)14(20(23)26)5-7-18(24)25/h5,7-12H,4,6H2,1-3H3,(H,24,25)/b7-5-. The maximum Gasteiger partial charge on any atom is 0.328 e. The van der Waals surface area contributed by atoms with Gasteiger partial charge in [-0.3, -0.25) is 9.20 Å².